The molecule has 0 unspecified atom stereocenters. The molecule has 0 amide bonds. The number of benzene rings is 1. The van der Waals surface area contributed by atoms with Crippen LogP contribution in [0.5, 0.6) is 0 Å². The third kappa shape index (κ3) is 4.17. The van der Waals surface area contributed by atoms with Crippen molar-refractivity contribution in [2.45, 2.75) is 43.5 Å². The van der Waals surface area contributed by atoms with Crippen molar-refractivity contribution < 1.29 is 0 Å². The highest BCUT2D eigenvalue weighted by Gasteiger charge is 2.24. The highest BCUT2D eigenvalue weighted by molar-refractivity contribution is 7.98. The van der Waals surface area contributed by atoms with Crippen molar-refractivity contribution in [1.29, 1.82) is 0 Å². The minimum Gasteiger partial charge on any atom is -0.311 e. The SMILES string of the molecule is [C-]#[N+]c1c(C2CCN(C)CC2)nc(SCc2cc(C)ccc2C)[nH]c1=O. The number of nitrogens with one attached hydrogen (secondary N) is 1. The van der Waals surface area contributed by atoms with Crippen LogP contribution in [0, 0.1) is 20.4 Å². The van der Waals surface area contributed by atoms with E-state index >= 15 is 0 Å². The summed E-state index contributed by atoms with van der Waals surface area (Å²) in [4.78, 5) is 25.6. The lowest BCUT2D eigenvalue weighted by atomic mass is 9.93. The van der Waals surface area contributed by atoms with Crippen LogP contribution in [-0.4, -0.2) is 35.0 Å². The molecule has 1 aromatic heterocycles. The Labute approximate surface area is 158 Å². The van der Waals surface area contributed by atoms with E-state index in [1.807, 2.05) is 0 Å². The van der Waals surface area contributed by atoms with E-state index in [0.717, 1.165) is 31.7 Å². The summed E-state index contributed by atoms with van der Waals surface area (Å²) in [6.07, 6.45) is 1.88. The maximum atomic E-state index is 12.4. The molecule has 0 bridgehead atoms. The Morgan fingerprint density at radius 3 is 2.77 bits per heavy atom. The molecule has 2 heterocycles. The number of H-pyrrole nitrogens is 1. The first-order valence-electron chi connectivity index (χ1n) is 8.87. The molecule has 0 spiro atoms. The lowest BCUT2D eigenvalue weighted by Gasteiger charge is -2.29. The second-order valence-electron chi connectivity index (χ2n) is 7.01. The maximum Gasteiger partial charge on any atom is 0.271 e. The average Bonchev–Trinajstić information content (AvgIpc) is 2.62. The summed E-state index contributed by atoms with van der Waals surface area (Å²) in [7, 11) is 2.10. The zero-order valence-electron chi connectivity index (χ0n) is 15.5. The van der Waals surface area contributed by atoms with E-state index < -0.39 is 0 Å². The first-order valence-corrected chi connectivity index (χ1v) is 9.85. The van der Waals surface area contributed by atoms with Crippen molar-refractivity contribution in [2.24, 2.45) is 0 Å². The van der Waals surface area contributed by atoms with E-state index in [2.05, 4.69) is 53.8 Å². The average molecular weight is 369 g/mol. The van der Waals surface area contributed by atoms with Crippen LogP contribution < -0.4 is 5.56 Å². The number of thioether (sulfide) groups is 1. The van der Waals surface area contributed by atoms with Crippen LogP contribution in [0.1, 0.15) is 41.1 Å². The summed E-state index contributed by atoms with van der Waals surface area (Å²) in [6, 6.07) is 6.39. The van der Waals surface area contributed by atoms with Gasteiger partial charge in [-0.15, -0.1) is 0 Å². The van der Waals surface area contributed by atoms with Crippen molar-refractivity contribution in [3.63, 3.8) is 0 Å². The second-order valence-corrected chi connectivity index (χ2v) is 7.98. The standard InChI is InChI=1S/C20H24N4OS/c1-13-5-6-14(2)16(11-13)12-26-20-22-17(18(21-3)19(25)23-20)15-7-9-24(4)10-8-15/h5-6,11,15H,7-10,12H2,1-2,4H3,(H,22,23,25). The first kappa shape index (κ1) is 18.7. The molecule has 1 aliphatic heterocycles. The summed E-state index contributed by atoms with van der Waals surface area (Å²) < 4.78 is 0. The zero-order chi connectivity index (χ0) is 18.7. The van der Waals surface area contributed by atoms with Crippen molar-refractivity contribution in [2.75, 3.05) is 20.1 Å². The molecule has 1 fully saturated rings. The van der Waals surface area contributed by atoms with Gasteiger partial charge in [0.15, 0.2) is 5.16 Å². The summed E-state index contributed by atoms with van der Waals surface area (Å²) in [6.45, 7) is 13.5. The fraction of sp³-hybridized carbons (Fsp3) is 0.450. The number of piperidine rings is 1. The number of likely N-dealkylation sites (tertiary alicyclic amines) is 1. The molecule has 1 aromatic carbocycles. The van der Waals surface area contributed by atoms with Gasteiger partial charge in [-0.25, -0.2) is 9.83 Å². The molecule has 0 saturated carbocycles. The van der Waals surface area contributed by atoms with E-state index in [-0.39, 0.29) is 17.2 Å². The van der Waals surface area contributed by atoms with Gasteiger partial charge in [0.2, 0.25) is 0 Å². The Morgan fingerprint density at radius 2 is 2.08 bits per heavy atom. The smallest absolute Gasteiger partial charge is 0.271 e. The van der Waals surface area contributed by atoms with Crippen LogP contribution in [-0.2, 0) is 5.75 Å². The highest BCUT2D eigenvalue weighted by Crippen LogP contribution is 2.32. The van der Waals surface area contributed by atoms with E-state index in [9.17, 15) is 4.79 Å². The minimum atomic E-state index is -0.313. The van der Waals surface area contributed by atoms with Crippen LogP contribution in [0.4, 0.5) is 5.69 Å². The van der Waals surface area contributed by atoms with Crippen molar-refractivity contribution in [1.82, 2.24) is 14.9 Å². The van der Waals surface area contributed by atoms with Gasteiger partial charge in [0.1, 0.15) is 0 Å². The highest BCUT2D eigenvalue weighted by atomic mass is 32.2. The van der Waals surface area contributed by atoms with E-state index in [1.165, 1.54) is 28.5 Å². The summed E-state index contributed by atoms with van der Waals surface area (Å²) in [5.74, 6) is 0.943. The Bertz CT molecular complexity index is 892. The quantitative estimate of drug-likeness (QED) is 0.503. The van der Waals surface area contributed by atoms with Gasteiger partial charge in [-0.1, -0.05) is 35.5 Å². The number of aromatic amines is 1. The number of aryl methyl sites for hydroxylation is 2. The van der Waals surface area contributed by atoms with Gasteiger partial charge in [-0.05, 0) is 63.9 Å². The molecule has 1 aliphatic rings. The molecule has 136 valence electrons. The second kappa shape index (κ2) is 8.07. The summed E-state index contributed by atoms with van der Waals surface area (Å²) in [5.41, 5.74) is 4.23. The number of rotatable bonds is 4. The number of hydrogen-bond acceptors (Lipinski definition) is 4. The molecule has 0 atom stereocenters. The molecule has 1 N–H and O–H groups in total. The topological polar surface area (TPSA) is 53.4 Å². The van der Waals surface area contributed by atoms with Crippen LogP contribution in [0.3, 0.4) is 0 Å². The van der Waals surface area contributed by atoms with Gasteiger partial charge in [0.05, 0.1) is 12.3 Å². The Kier molecular flexibility index (Phi) is 5.80. The molecule has 3 rings (SSSR count). The lowest BCUT2D eigenvalue weighted by molar-refractivity contribution is 0.253. The zero-order valence-corrected chi connectivity index (χ0v) is 16.3. The largest absolute Gasteiger partial charge is 0.311 e. The van der Waals surface area contributed by atoms with Gasteiger partial charge in [-0.2, -0.15) is 0 Å². The molecule has 5 nitrogen and oxygen atoms in total. The molecule has 6 heteroatoms. The predicted molar refractivity (Wildman–Crippen MR) is 106 cm³/mol. The lowest BCUT2D eigenvalue weighted by Crippen LogP contribution is -2.30. The van der Waals surface area contributed by atoms with Gasteiger partial charge in [0.25, 0.3) is 11.2 Å². The predicted octanol–water partition coefficient (Wildman–Crippen LogP) is 4.04. The normalized spacial score (nSPS) is 15.8. The minimum absolute atomic E-state index is 0.163. The van der Waals surface area contributed by atoms with Crippen molar-refractivity contribution in [3.8, 4) is 0 Å². The number of nitrogens with zero attached hydrogens (tertiary/aromatic N) is 3. The summed E-state index contributed by atoms with van der Waals surface area (Å²) >= 11 is 1.53. The Hall–Kier alpha value is -2.10. The summed E-state index contributed by atoms with van der Waals surface area (Å²) in [5, 5.41) is 0.609. The first-order chi connectivity index (χ1) is 12.5. The molecular weight excluding hydrogens is 344 g/mol. The van der Waals surface area contributed by atoms with Crippen LogP contribution in [0.25, 0.3) is 4.85 Å². The van der Waals surface area contributed by atoms with E-state index in [1.54, 1.807) is 0 Å². The van der Waals surface area contributed by atoms with Crippen molar-refractivity contribution in [3.05, 3.63) is 62.4 Å². The number of hydrogen-bond donors (Lipinski definition) is 1. The van der Waals surface area contributed by atoms with Crippen LogP contribution >= 0.6 is 11.8 Å². The van der Waals surface area contributed by atoms with Gasteiger partial charge < -0.3 is 9.88 Å². The fourth-order valence-electron chi connectivity index (χ4n) is 3.31. The molecule has 0 radical (unpaired) electrons. The molecule has 1 saturated heterocycles. The fourth-order valence-corrected chi connectivity index (χ4v) is 4.24. The third-order valence-corrected chi connectivity index (χ3v) is 5.91. The third-order valence-electron chi connectivity index (χ3n) is 4.99. The van der Waals surface area contributed by atoms with Gasteiger partial charge >= 0.3 is 0 Å². The van der Waals surface area contributed by atoms with E-state index in [4.69, 9.17) is 11.6 Å². The number of aromatic nitrogens is 2. The van der Waals surface area contributed by atoms with E-state index in [0.29, 0.717) is 10.9 Å². The van der Waals surface area contributed by atoms with Gasteiger partial charge in [0, 0.05) is 5.75 Å². The van der Waals surface area contributed by atoms with Crippen molar-refractivity contribution >= 4 is 17.4 Å². The molecule has 26 heavy (non-hydrogen) atoms. The maximum absolute atomic E-state index is 12.4. The van der Waals surface area contributed by atoms with Crippen LogP contribution in [0.2, 0.25) is 0 Å². The Morgan fingerprint density at radius 1 is 1.35 bits per heavy atom. The molecule has 2 aromatic rings. The monoisotopic (exact) mass is 368 g/mol. The van der Waals surface area contributed by atoms with Gasteiger partial charge in [-0.3, -0.25) is 4.79 Å². The van der Waals surface area contributed by atoms with Crippen LogP contribution in [0.15, 0.2) is 28.2 Å². The Balaban J connectivity index is 1.85. The molecular formula is C20H24N4OS. The molecule has 0 aliphatic carbocycles.